The quantitative estimate of drug-likeness (QED) is 0.690. The van der Waals surface area contributed by atoms with Crippen LogP contribution in [0.2, 0.25) is 0 Å². The second kappa shape index (κ2) is 3.35. The lowest BCUT2D eigenvalue weighted by atomic mass is 10.1. The van der Waals surface area contributed by atoms with Crippen LogP contribution in [0.1, 0.15) is 5.56 Å². The van der Waals surface area contributed by atoms with Gasteiger partial charge in [-0.3, -0.25) is 0 Å². The molecule has 0 spiro atoms. The van der Waals surface area contributed by atoms with Gasteiger partial charge in [0, 0.05) is 9.86 Å². The molecule has 0 nitrogen and oxygen atoms in total. The summed E-state index contributed by atoms with van der Waals surface area (Å²) in [6.45, 7) is 3.80. The van der Waals surface area contributed by atoms with Crippen LogP contribution in [0.5, 0.6) is 0 Å². The summed E-state index contributed by atoms with van der Waals surface area (Å²) in [4.78, 5) is 0. The Morgan fingerprint density at radius 3 is 2.46 bits per heavy atom. The molecule has 2 aromatic carbocycles. The van der Waals surface area contributed by atoms with Crippen LogP contribution < -0.4 is 0 Å². The van der Waals surface area contributed by atoms with E-state index in [9.17, 15) is 0 Å². The number of hydrogen-bond donors (Lipinski definition) is 0. The van der Waals surface area contributed by atoms with E-state index in [-0.39, 0.29) is 0 Å². The Hall–Kier alpha value is -1.08. The van der Waals surface area contributed by atoms with Crippen molar-refractivity contribution >= 4 is 32.8 Å². The molecule has 0 atom stereocenters. The fraction of sp³-hybridized carbons (Fsp3) is 0. The van der Waals surface area contributed by atoms with Crippen LogP contribution in [0, 0.1) is 0 Å². The van der Waals surface area contributed by atoms with Crippen molar-refractivity contribution in [3.05, 3.63) is 53.0 Å². The van der Waals surface area contributed by atoms with Crippen LogP contribution in [-0.4, -0.2) is 0 Å². The van der Waals surface area contributed by atoms with E-state index in [0.29, 0.717) is 0 Å². The van der Waals surface area contributed by atoms with Gasteiger partial charge in [0.2, 0.25) is 0 Å². The minimum absolute atomic E-state index is 1.13. The van der Waals surface area contributed by atoms with Gasteiger partial charge in [-0.15, -0.1) is 0 Å². The summed E-state index contributed by atoms with van der Waals surface area (Å²) in [6, 6.07) is 12.4. The molecule has 1 heteroatoms. The van der Waals surface area contributed by atoms with E-state index in [0.717, 1.165) is 4.47 Å². The van der Waals surface area contributed by atoms with Gasteiger partial charge in [-0.1, -0.05) is 58.9 Å². The Morgan fingerprint density at radius 1 is 1.08 bits per heavy atom. The topological polar surface area (TPSA) is 0 Å². The van der Waals surface area contributed by atoms with Crippen molar-refractivity contribution in [2.24, 2.45) is 0 Å². The lowest BCUT2D eigenvalue weighted by Crippen LogP contribution is -1.78. The van der Waals surface area contributed by atoms with E-state index in [1.165, 1.54) is 16.3 Å². The molecular formula is C12H9Br. The highest BCUT2D eigenvalue weighted by molar-refractivity contribution is 9.10. The van der Waals surface area contributed by atoms with Gasteiger partial charge in [0.1, 0.15) is 0 Å². The number of hydrogen-bond acceptors (Lipinski definition) is 0. The van der Waals surface area contributed by atoms with Crippen molar-refractivity contribution in [3.8, 4) is 0 Å². The fourth-order valence-electron chi connectivity index (χ4n) is 1.49. The third kappa shape index (κ3) is 1.40. The van der Waals surface area contributed by atoms with Gasteiger partial charge in [0.25, 0.3) is 0 Å². The molecule has 0 aromatic heterocycles. The first-order valence-corrected chi connectivity index (χ1v) is 4.92. The van der Waals surface area contributed by atoms with Crippen LogP contribution in [0.15, 0.2) is 47.4 Å². The van der Waals surface area contributed by atoms with Crippen LogP contribution >= 0.6 is 15.9 Å². The van der Waals surface area contributed by atoms with Gasteiger partial charge in [-0.05, 0) is 17.0 Å². The van der Waals surface area contributed by atoms with Crippen LogP contribution in [0.25, 0.3) is 16.8 Å². The van der Waals surface area contributed by atoms with Crippen molar-refractivity contribution < 1.29 is 0 Å². The lowest BCUT2D eigenvalue weighted by molar-refractivity contribution is 1.68. The largest absolute Gasteiger partial charge is 0.0984 e. The fourth-order valence-corrected chi connectivity index (χ4v) is 2.10. The normalized spacial score (nSPS) is 10.2. The molecule has 0 aliphatic carbocycles. The number of fused-ring (bicyclic) bond motifs is 1. The van der Waals surface area contributed by atoms with Crippen molar-refractivity contribution in [2.45, 2.75) is 0 Å². The van der Waals surface area contributed by atoms with Gasteiger partial charge in [0.15, 0.2) is 0 Å². The summed E-state index contributed by atoms with van der Waals surface area (Å²) in [5.74, 6) is 0. The molecule has 2 rings (SSSR count). The molecule has 0 fully saturated rings. The minimum atomic E-state index is 1.13. The van der Waals surface area contributed by atoms with E-state index in [1.54, 1.807) is 0 Å². The first-order chi connectivity index (χ1) is 6.33. The Labute approximate surface area is 86.0 Å². The molecule has 0 N–H and O–H groups in total. The van der Waals surface area contributed by atoms with Crippen LogP contribution in [0.3, 0.4) is 0 Å². The van der Waals surface area contributed by atoms with Crippen molar-refractivity contribution in [3.63, 3.8) is 0 Å². The molecule has 0 saturated carbocycles. The third-order valence-corrected chi connectivity index (χ3v) is 2.77. The third-order valence-electron chi connectivity index (χ3n) is 2.11. The smallest absolute Gasteiger partial charge is 0.0259 e. The maximum atomic E-state index is 3.80. The summed E-state index contributed by atoms with van der Waals surface area (Å²) in [6.07, 6.45) is 1.88. The molecule has 13 heavy (non-hydrogen) atoms. The van der Waals surface area contributed by atoms with E-state index >= 15 is 0 Å². The Kier molecular flexibility index (Phi) is 2.19. The summed E-state index contributed by atoms with van der Waals surface area (Å²) in [5.41, 5.74) is 1.17. The average molecular weight is 233 g/mol. The van der Waals surface area contributed by atoms with Gasteiger partial charge in [-0.25, -0.2) is 0 Å². The van der Waals surface area contributed by atoms with Gasteiger partial charge < -0.3 is 0 Å². The van der Waals surface area contributed by atoms with Crippen LogP contribution in [-0.2, 0) is 0 Å². The molecule has 0 amide bonds. The molecule has 0 heterocycles. The molecule has 64 valence electrons. The van der Waals surface area contributed by atoms with Crippen molar-refractivity contribution in [1.29, 1.82) is 0 Å². The van der Waals surface area contributed by atoms with Gasteiger partial charge >= 0.3 is 0 Å². The van der Waals surface area contributed by atoms with E-state index in [4.69, 9.17) is 0 Å². The number of benzene rings is 2. The molecule has 0 bridgehead atoms. The zero-order chi connectivity index (χ0) is 9.26. The summed E-state index contributed by atoms with van der Waals surface area (Å²) in [7, 11) is 0. The molecule has 0 unspecified atom stereocenters. The summed E-state index contributed by atoms with van der Waals surface area (Å²) >= 11 is 3.54. The molecule has 0 aliphatic heterocycles. The molecule has 0 saturated heterocycles. The maximum Gasteiger partial charge on any atom is 0.0259 e. The van der Waals surface area contributed by atoms with Gasteiger partial charge in [0.05, 0.1) is 0 Å². The van der Waals surface area contributed by atoms with Crippen LogP contribution in [0.4, 0.5) is 0 Å². The summed E-state index contributed by atoms with van der Waals surface area (Å²) < 4.78 is 1.13. The Morgan fingerprint density at radius 2 is 1.77 bits per heavy atom. The second-order valence-corrected chi connectivity index (χ2v) is 3.74. The first kappa shape index (κ1) is 8.52. The number of halogens is 1. The lowest BCUT2D eigenvalue weighted by Gasteiger charge is -2.03. The summed E-state index contributed by atoms with van der Waals surface area (Å²) in [5, 5.41) is 2.48. The average Bonchev–Trinajstić information content (AvgIpc) is 2.17. The highest BCUT2D eigenvalue weighted by Crippen LogP contribution is 2.27. The monoisotopic (exact) mass is 232 g/mol. The SMILES string of the molecule is C=Cc1cccc2cccc(Br)c12. The standard InChI is InChI=1S/C12H9Br/c1-2-9-5-3-6-10-7-4-8-11(13)12(9)10/h2-8H,1H2. The minimum Gasteiger partial charge on any atom is -0.0984 e. The number of rotatable bonds is 1. The predicted octanol–water partition coefficient (Wildman–Crippen LogP) is 4.25. The zero-order valence-corrected chi connectivity index (χ0v) is 8.71. The van der Waals surface area contributed by atoms with Gasteiger partial charge in [-0.2, -0.15) is 0 Å². The molecule has 0 aliphatic rings. The zero-order valence-electron chi connectivity index (χ0n) is 7.13. The maximum absolute atomic E-state index is 3.80. The van der Waals surface area contributed by atoms with Crippen molar-refractivity contribution in [2.75, 3.05) is 0 Å². The van der Waals surface area contributed by atoms with Crippen molar-refractivity contribution in [1.82, 2.24) is 0 Å². The Bertz CT molecular complexity index is 452. The van der Waals surface area contributed by atoms with E-state index in [1.807, 2.05) is 18.2 Å². The first-order valence-electron chi connectivity index (χ1n) is 4.12. The molecule has 2 aromatic rings. The molecule has 0 radical (unpaired) electrons. The molecular weight excluding hydrogens is 224 g/mol. The highest BCUT2D eigenvalue weighted by Gasteiger charge is 2.00. The van der Waals surface area contributed by atoms with E-state index < -0.39 is 0 Å². The highest BCUT2D eigenvalue weighted by atomic mass is 79.9. The predicted molar refractivity (Wildman–Crippen MR) is 61.7 cm³/mol. The Balaban J connectivity index is 2.94. The second-order valence-electron chi connectivity index (χ2n) is 2.89. The van der Waals surface area contributed by atoms with E-state index in [2.05, 4.69) is 46.8 Å².